The maximum Gasteiger partial charge on any atom is 0.209 e. The van der Waals surface area contributed by atoms with Crippen LogP contribution in [0.15, 0.2) is 0 Å². The molecule has 0 unspecified atom stereocenters. The fourth-order valence-corrected chi connectivity index (χ4v) is 3.34. The van der Waals surface area contributed by atoms with Gasteiger partial charge in [0.05, 0.1) is 5.75 Å². The van der Waals surface area contributed by atoms with E-state index in [1.165, 1.54) is 0 Å². The Kier molecular flexibility index (Phi) is 3.95. The topological polar surface area (TPSA) is 60.2 Å². The van der Waals surface area contributed by atoms with Crippen LogP contribution in [0.25, 0.3) is 0 Å². The van der Waals surface area contributed by atoms with E-state index in [2.05, 4.69) is 13.8 Å². The van der Waals surface area contributed by atoms with Gasteiger partial charge in [-0.1, -0.05) is 13.8 Å². The van der Waals surface area contributed by atoms with Crippen molar-refractivity contribution in [2.75, 3.05) is 5.75 Å². The predicted octanol–water partition coefficient (Wildman–Crippen LogP) is 1.74. The van der Waals surface area contributed by atoms with Gasteiger partial charge in [-0.25, -0.2) is 13.6 Å². The minimum absolute atomic E-state index is 0.178. The molecule has 84 valence electrons. The van der Waals surface area contributed by atoms with Crippen molar-refractivity contribution >= 4 is 10.0 Å². The van der Waals surface area contributed by atoms with E-state index in [0.29, 0.717) is 5.92 Å². The molecule has 1 fully saturated rings. The van der Waals surface area contributed by atoms with Gasteiger partial charge in [-0.2, -0.15) is 0 Å². The minimum atomic E-state index is -3.26. The SMILES string of the molecule is CC(C)C1CCC(CS(N)(=O)=O)CC1. The number of primary sulfonamides is 1. The molecule has 0 aromatic carbocycles. The van der Waals surface area contributed by atoms with Crippen LogP contribution in [-0.4, -0.2) is 14.2 Å². The standard InChI is InChI=1S/C10H21NO2S/c1-8(2)10-5-3-9(4-6-10)7-14(11,12)13/h8-10H,3-7H2,1-2H3,(H2,11,12,13). The highest BCUT2D eigenvalue weighted by Gasteiger charge is 2.25. The minimum Gasteiger partial charge on any atom is -0.229 e. The van der Waals surface area contributed by atoms with Crippen LogP contribution >= 0.6 is 0 Å². The molecule has 1 aliphatic rings. The van der Waals surface area contributed by atoms with Crippen molar-refractivity contribution in [1.82, 2.24) is 0 Å². The number of hydrogen-bond acceptors (Lipinski definition) is 2. The van der Waals surface area contributed by atoms with Gasteiger partial charge in [-0.3, -0.25) is 0 Å². The van der Waals surface area contributed by atoms with Crippen molar-refractivity contribution in [2.45, 2.75) is 39.5 Å². The van der Waals surface area contributed by atoms with E-state index in [-0.39, 0.29) is 5.75 Å². The van der Waals surface area contributed by atoms with E-state index in [1.54, 1.807) is 0 Å². The Bertz CT molecular complexity index is 264. The van der Waals surface area contributed by atoms with Gasteiger partial charge in [-0.05, 0) is 43.4 Å². The van der Waals surface area contributed by atoms with Crippen molar-refractivity contribution in [3.8, 4) is 0 Å². The summed E-state index contributed by atoms with van der Waals surface area (Å²) in [4.78, 5) is 0. The van der Waals surface area contributed by atoms with E-state index in [1.807, 2.05) is 0 Å². The lowest BCUT2D eigenvalue weighted by Crippen LogP contribution is -2.27. The molecule has 2 N–H and O–H groups in total. The number of rotatable bonds is 3. The zero-order valence-corrected chi connectivity index (χ0v) is 9.89. The molecule has 1 saturated carbocycles. The molecular weight excluding hydrogens is 198 g/mol. The third-order valence-corrected chi connectivity index (χ3v) is 4.24. The number of nitrogens with two attached hydrogens (primary N) is 1. The Labute approximate surface area is 87.1 Å². The van der Waals surface area contributed by atoms with Crippen molar-refractivity contribution in [2.24, 2.45) is 22.9 Å². The van der Waals surface area contributed by atoms with Crippen LogP contribution in [-0.2, 0) is 10.0 Å². The van der Waals surface area contributed by atoms with Gasteiger partial charge in [0.2, 0.25) is 10.0 Å². The number of sulfonamides is 1. The average Bonchev–Trinajstić information content (AvgIpc) is 2.02. The van der Waals surface area contributed by atoms with Crippen molar-refractivity contribution in [3.63, 3.8) is 0 Å². The molecule has 0 heterocycles. The van der Waals surface area contributed by atoms with Crippen molar-refractivity contribution in [3.05, 3.63) is 0 Å². The van der Waals surface area contributed by atoms with Gasteiger partial charge in [-0.15, -0.1) is 0 Å². The van der Waals surface area contributed by atoms with Crippen LogP contribution in [0.3, 0.4) is 0 Å². The van der Waals surface area contributed by atoms with E-state index >= 15 is 0 Å². The molecule has 0 aliphatic heterocycles. The lowest BCUT2D eigenvalue weighted by molar-refractivity contribution is 0.235. The monoisotopic (exact) mass is 219 g/mol. The van der Waals surface area contributed by atoms with E-state index < -0.39 is 10.0 Å². The molecule has 0 atom stereocenters. The van der Waals surface area contributed by atoms with Crippen molar-refractivity contribution in [1.29, 1.82) is 0 Å². The van der Waals surface area contributed by atoms with Gasteiger partial charge < -0.3 is 0 Å². The second-order valence-electron chi connectivity index (χ2n) is 4.85. The lowest BCUT2D eigenvalue weighted by atomic mass is 9.78. The summed E-state index contributed by atoms with van der Waals surface area (Å²) in [6.07, 6.45) is 4.38. The second-order valence-corrected chi connectivity index (χ2v) is 6.51. The van der Waals surface area contributed by atoms with Crippen LogP contribution in [0.5, 0.6) is 0 Å². The van der Waals surface area contributed by atoms with E-state index in [0.717, 1.165) is 37.5 Å². The van der Waals surface area contributed by atoms with Gasteiger partial charge in [0.25, 0.3) is 0 Å². The van der Waals surface area contributed by atoms with Crippen LogP contribution in [0.1, 0.15) is 39.5 Å². The summed E-state index contributed by atoms with van der Waals surface area (Å²) in [5, 5.41) is 5.03. The summed E-state index contributed by atoms with van der Waals surface area (Å²) in [5.41, 5.74) is 0. The zero-order chi connectivity index (χ0) is 10.8. The average molecular weight is 219 g/mol. The number of hydrogen-bond donors (Lipinski definition) is 1. The van der Waals surface area contributed by atoms with E-state index in [9.17, 15) is 8.42 Å². The summed E-state index contributed by atoms with van der Waals surface area (Å²) in [5.74, 6) is 2.00. The molecule has 3 nitrogen and oxygen atoms in total. The summed E-state index contributed by atoms with van der Waals surface area (Å²) < 4.78 is 21.8. The fraction of sp³-hybridized carbons (Fsp3) is 1.00. The molecule has 0 bridgehead atoms. The fourth-order valence-electron chi connectivity index (χ4n) is 2.35. The van der Waals surface area contributed by atoms with Crippen LogP contribution in [0.2, 0.25) is 0 Å². The normalized spacial score (nSPS) is 29.4. The summed E-state index contributed by atoms with van der Waals surface area (Å²) in [6.45, 7) is 4.48. The maximum absolute atomic E-state index is 10.9. The van der Waals surface area contributed by atoms with Crippen LogP contribution in [0.4, 0.5) is 0 Å². The van der Waals surface area contributed by atoms with Gasteiger partial charge in [0, 0.05) is 0 Å². The summed E-state index contributed by atoms with van der Waals surface area (Å²) in [7, 11) is -3.26. The van der Waals surface area contributed by atoms with Crippen LogP contribution in [0, 0.1) is 17.8 Å². The Morgan fingerprint density at radius 1 is 1.21 bits per heavy atom. The molecule has 0 amide bonds. The first-order chi connectivity index (χ1) is 6.38. The van der Waals surface area contributed by atoms with Gasteiger partial charge in [0.1, 0.15) is 0 Å². The first kappa shape index (κ1) is 12.0. The molecular formula is C10H21NO2S. The Morgan fingerprint density at radius 2 is 1.71 bits per heavy atom. The highest BCUT2D eigenvalue weighted by Crippen LogP contribution is 2.33. The molecule has 1 aliphatic carbocycles. The quantitative estimate of drug-likeness (QED) is 0.786. The molecule has 14 heavy (non-hydrogen) atoms. The van der Waals surface area contributed by atoms with Crippen LogP contribution < -0.4 is 5.14 Å². The smallest absolute Gasteiger partial charge is 0.209 e. The first-order valence-electron chi connectivity index (χ1n) is 5.39. The van der Waals surface area contributed by atoms with E-state index in [4.69, 9.17) is 5.14 Å². The molecule has 4 heteroatoms. The summed E-state index contributed by atoms with van der Waals surface area (Å²) in [6, 6.07) is 0. The molecule has 0 spiro atoms. The summed E-state index contributed by atoms with van der Waals surface area (Å²) >= 11 is 0. The Morgan fingerprint density at radius 3 is 2.07 bits per heavy atom. The highest BCUT2D eigenvalue weighted by molar-refractivity contribution is 7.89. The van der Waals surface area contributed by atoms with Gasteiger partial charge in [0.15, 0.2) is 0 Å². The predicted molar refractivity (Wildman–Crippen MR) is 58.3 cm³/mol. The molecule has 0 aromatic heterocycles. The van der Waals surface area contributed by atoms with Gasteiger partial charge >= 0.3 is 0 Å². The Balaban J connectivity index is 2.36. The zero-order valence-electron chi connectivity index (χ0n) is 9.07. The second kappa shape index (κ2) is 4.62. The molecule has 0 saturated heterocycles. The molecule has 1 rings (SSSR count). The Hall–Kier alpha value is -0.0900. The molecule has 0 radical (unpaired) electrons. The highest BCUT2D eigenvalue weighted by atomic mass is 32.2. The third kappa shape index (κ3) is 3.96. The van der Waals surface area contributed by atoms with Crippen molar-refractivity contribution < 1.29 is 8.42 Å². The third-order valence-electron chi connectivity index (χ3n) is 3.30. The molecule has 0 aromatic rings. The lowest BCUT2D eigenvalue weighted by Gasteiger charge is -2.30. The first-order valence-corrected chi connectivity index (χ1v) is 7.10. The maximum atomic E-state index is 10.9. The largest absolute Gasteiger partial charge is 0.229 e.